The first-order valence-electron chi connectivity index (χ1n) is 5.11. The van der Waals surface area contributed by atoms with Gasteiger partial charge >= 0.3 is 5.00 Å². The molecule has 1 aromatic rings. The highest BCUT2D eigenvalue weighted by atomic mass is 32.1. The molecule has 1 amide bonds. The summed E-state index contributed by atoms with van der Waals surface area (Å²) in [7, 11) is 0. The molecule has 1 unspecified atom stereocenters. The first-order valence-corrected chi connectivity index (χ1v) is 5.99. The highest BCUT2D eigenvalue weighted by Crippen LogP contribution is 2.32. The van der Waals surface area contributed by atoms with Crippen molar-refractivity contribution in [3.63, 3.8) is 0 Å². The number of amides is 1. The lowest BCUT2D eigenvalue weighted by Gasteiger charge is -2.11. The van der Waals surface area contributed by atoms with E-state index in [4.69, 9.17) is 0 Å². The molecule has 1 aliphatic rings. The largest absolute Gasteiger partial charge is 0.349 e. The smallest absolute Gasteiger partial charge is 0.324 e. The second kappa shape index (κ2) is 4.21. The minimum Gasteiger partial charge on any atom is -0.349 e. The molecule has 1 fully saturated rings. The van der Waals surface area contributed by atoms with Crippen LogP contribution < -0.4 is 5.32 Å². The molecule has 86 valence electrons. The van der Waals surface area contributed by atoms with E-state index in [0.717, 1.165) is 24.2 Å². The lowest BCUT2D eigenvalue weighted by molar-refractivity contribution is -0.380. The summed E-state index contributed by atoms with van der Waals surface area (Å²) in [5, 5.41) is 14.8. The number of rotatable bonds is 4. The molecule has 5 nitrogen and oxygen atoms in total. The van der Waals surface area contributed by atoms with E-state index < -0.39 is 4.92 Å². The predicted molar refractivity (Wildman–Crippen MR) is 60.6 cm³/mol. The van der Waals surface area contributed by atoms with Crippen LogP contribution in [0.5, 0.6) is 0 Å². The minimum absolute atomic E-state index is 0.00391. The van der Waals surface area contributed by atoms with E-state index in [2.05, 4.69) is 5.32 Å². The molecule has 1 aliphatic carbocycles. The number of hydrogen-bond acceptors (Lipinski definition) is 4. The molecule has 1 N–H and O–H groups in total. The molecule has 6 heteroatoms. The summed E-state index contributed by atoms with van der Waals surface area (Å²) in [5.41, 5.74) is 0.379. The van der Waals surface area contributed by atoms with Crippen molar-refractivity contribution in [3.05, 3.63) is 27.1 Å². The van der Waals surface area contributed by atoms with Crippen LogP contribution in [-0.4, -0.2) is 16.9 Å². The Bertz CT molecular complexity index is 425. The Kier molecular flexibility index (Phi) is 2.91. The summed E-state index contributed by atoms with van der Waals surface area (Å²) >= 11 is 0.977. The molecule has 1 heterocycles. The maximum atomic E-state index is 11.7. The van der Waals surface area contributed by atoms with E-state index >= 15 is 0 Å². The van der Waals surface area contributed by atoms with Gasteiger partial charge in [0.15, 0.2) is 0 Å². The highest BCUT2D eigenvalue weighted by Gasteiger charge is 2.29. The Balaban J connectivity index is 1.99. The molecule has 0 spiro atoms. The molecule has 1 aromatic heterocycles. The Labute approximate surface area is 96.6 Å². The predicted octanol–water partition coefficient (Wildman–Crippen LogP) is 2.18. The van der Waals surface area contributed by atoms with Gasteiger partial charge in [0.1, 0.15) is 0 Å². The van der Waals surface area contributed by atoms with Gasteiger partial charge in [-0.05, 0) is 25.7 Å². The van der Waals surface area contributed by atoms with Crippen molar-refractivity contribution >= 4 is 22.2 Å². The van der Waals surface area contributed by atoms with Gasteiger partial charge < -0.3 is 5.32 Å². The highest BCUT2D eigenvalue weighted by molar-refractivity contribution is 7.13. The van der Waals surface area contributed by atoms with Crippen molar-refractivity contribution in [1.82, 2.24) is 5.32 Å². The maximum absolute atomic E-state index is 11.7. The van der Waals surface area contributed by atoms with Crippen molar-refractivity contribution in [3.8, 4) is 0 Å². The third kappa shape index (κ3) is 2.38. The van der Waals surface area contributed by atoms with Gasteiger partial charge in [-0.2, -0.15) is 0 Å². The molecule has 2 rings (SSSR count). The van der Waals surface area contributed by atoms with E-state index in [9.17, 15) is 14.9 Å². The number of nitro groups is 1. The van der Waals surface area contributed by atoms with Crippen LogP contribution >= 0.6 is 11.3 Å². The molecule has 0 aromatic carbocycles. The van der Waals surface area contributed by atoms with Gasteiger partial charge in [0, 0.05) is 17.5 Å². The molecule has 0 bridgehead atoms. The van der Waals surface area contributed by atoms with Crippen LogP contribution in [0.1, 0.15) is 30.1 Å². The minimum atomic E-state index is -0.480. The Hall–Kier alpha value is -1.43. The topological polar surface area (TPSA) is 72.2 Å². The molecule has 1 saturated carbocycles. The second-order valence-corrected chi connectivity index (χ2v) is 4.92. The quantitative estimate of drug-likeness (QED) is 0.647. The van der Waals surface area contributed by atoms with Crippen LogP contribution in [0.4, 0.5) is 5.00 Å². The fourth-order valence-corrected chi connectivity index (χ4v) is 2.25. The number of carbonyl (C=O) groups excluding carboxylic acids is 1. The Morgan fingerprint density at radius 1 is 1.69 bits per heavy atom. The van der Waals surface area contributed by atoms with E-state index in [1.54, 1.807) is 0 Å². The van der Waals surface area contributed by atoms with Crippen molar-refractivity contribution in [2.75, 3.05) is 0 Å². The zero-order valence-corrected chi connectivity index (χ0v) is 9.62. The zero-order chi connectivity index (χ0) is 11.7. The summed E-state index contributed by atoms with van der Waals surface area (Å²) < 4.78 is 0. The summed E-state index contributed by atoms with van der Waals surface area (Å²) in [6, 6.07) is 1.48. The van der Waals surface area contributed by atoms with Crippen LogP contribution in [0.25, 0.3) is 0 Å². The van der Waals surface area contributed by atoms with E-state index in [0.29, 0.717) is 11.5 Å². The van der Waals surface area contributed by atoms with Crippen molar-refractivity contribution in [1.29, 1.82) is 0 Å². The summed E-state index contributed by atoms with van der Waals surface area (Å²) in [6.45, 7) is 1.97. The first-order chi connectivity index (χ1) is 7.58. The Morgan fingerprint density at radius 3 is 2.88 bits per heavy atom. The Morgan fingerprint density at radius 2 is 2.38 bits per heavy atom. The number of hydrogen-bond donors (Lipinski definition) is 1. The molecular weight excluding hydrogens is 228 g/mol. The lowest BCUT2D eigenvalue weighted by Crippen LogP contribution is -2.33. The van der Waals surface area contributed by atoms with Crippen LogP contribution in [0.15, 0.2) is 11.4 Å². The van der Waals surface area contributed by atoms with Gasteiger partial charge in [0.25, 0.3) is 5.91 Å². The molecular formula is C10H12N2O3S. The monoisotopic (exact) mass is 240 g/mol. The maximum Gasteiger partial charge on any atom is 0.324 e. The molecule has 0 aliphatic heterocycles. The zero-order valence-electron chi connectivity index (χ0n) is 8.80. The standard InChI is InChI=1S/C10H12N2O3S/c1-6(7-2-3-7)11-10(13)8-4-9(12(14)15)16-5-8/h4-7H,2-3H2,1H3,(H,11,13). The van der Waals surface area contributed by atoms with E-state index in [-0.39, 0.29) is 17.0 Å². The molecule has 16 heavy (non-hydrogen) atoms. The van der Waals surface area contributed by atoms with Crippen LogP contribution in [-0.2, 0) is 0 Å². The van der Waals surface area contributed by atoms with Crippen molar-refractivity contribution < 1.29 is 9.72 Å². The van der Waals surface area contributed by atoms with E-state index in [1.807, 2.05) is 6.92 Å². The van der Waals surface area contributed by atoms with Crippen molar-refractivity contribution in [2.45, 2.75) is 25.8 Å². The number of nitrogens with one attached hydrogen (secondary N) is 1. The molecule has 0 radical (unpaired) electrons. The number of nitrogens with zero attached hydrogens (tertiary/aromatic N) is 1. The van der Waals surface area contributed by atoms with Gasteiger partial charge in [-0.15, -0.1) is 0 Å². The lowest BCUT2D eigenvalue weighted by atomic mass is 10.2. The van der Waals surface area contributed by atoms with Gasteiger partial charge in [0.05, 0.1) is 10.5 Å². The third-order valence-corrected chi connectivity index (χ3v) is 3.60. The number of thiophene rings is 1. The summed E-state index contributed by atoms with van der Waals surface area (Å²) in [4.78, 5) is 21.7. The number of carbonyl (C=O) groups is 1. The summed E-state index contributed by atoms with van der Waals surface area (Å²) in [5.74, 6) is 0.362. The van der Waals surface area contributed by atoms with Gasteiger partial charge in [-0.1, -0.05) is 11.3 Å². The van der Waals surface area contributed by atoms with Gasteiger partial charge in [-0.25, -0.2) is 0 Å². The average molecular weight is 240 g/mol. The van der Waals surface area contributed by atoms with Crippen molar-refractivity contribution in [2.24, 2.45) is 5.92 Å². The fourth-order valence-electron chi connectivity index (χ4n) is 1.54. The molecule has 0 saturated heterocycles. The van der Waals surface area contributed by atoms with E-state index in [1.165, 1.54) is 11.4 Å². The van der Waals surface area contributed by atoms with Gasteiger partial charge in [-0.3, -0.25) is 14.9 Å². The van der Waals surface area contributed by atoms with Crippen LogP contribution in [0.2, 0.25) is 0 Å². The average Bonchev–Trinajstić information content (AvgIpc) is 2.95. The normalized spacial score (nSPS) is 16.8. The van der Waals surface area contributed by atoms with Gasteiger partial charge in [0.2, 0.25) is 0 Å². The third-order valence-electron chi connectivity index (χ3n) is 2.72. The fraction of sp³-hybridized carbons (Fsp3) is 0.500. The SMILES string of the molecule is CC(NC(=O)c1csc([N+](=O)[O-])c1)C1CC1. The van der Waals surface area contributed by atoms with Crippen LogP contribution in [0, 0.1) is 16.0 Å². The van der Waals surface area contributed by atoms with Crippen LogP contribution in [0.3, 0.4) is 0 Å². The first kappa shape index (κ1) is 11.1. The molecule has 1 atom stereocenters. The second-order valence-electron chi connectivity index (χ2n) is 4.03. The summed E-state index contributed by atoms with van der Waals surface area (Å²) in [6.07, 6.45) is 2.32.